The smallest absolute Gasteiger partial charge is 0.286 e. The van der Waals surface area contributed by atoms with Gasteiger partial charge in [0, 0.05) is 5.92 Å². The minimum atomic E-state index is -4.36. The van der Waals surface area contributed by atoms with Crippen molar-refractivity contribution in [3.05, 3.63) is 17.5 Å². The van der Waals surface area contributed by atoms with E-state index in [4.69, 9.17) is 0 Å². The van der Waals surface area contributed by atoms with Crippen LogP contribution in [-0.2, 0) is 13.1 Å². The Balaban J connectivity index is 1.77. The molecule has 1 aliphatic heterocycles. The number of halogens is 3. The summed E-state index contributed by atoms with van der Waals surface area (Å²) in [7, 11) is 0. The third-order valence-electron chi connectivity index (χ3n) is 4.25. The number of tetrazole rings is 1. The van der Waals surface area contributed by atoms with Crippen molar-refractivity contribution < 1.29 is 13.2 Å². The first kappa shape index (κ1) is 17.8. The van der Waals surface area contributed by atoms with Crippen LogP contribution in [0.25, 0.3) is 0 Å². The largest absolute Gasteiger partial charge is 0.408 e. The molecule has 0 amide bonds. The SMILES string of the molecule is CC(C)c1n[nH]c([C@H]2CCCCN2Cc2nnnn2CC(F)(F)F)n1. The molecule has 8 nitrogen and oxygen atoms in total. The summed E-state index contributed by atoms with van der Waals surface area (Å²) < 4.78 is 38.7. The van der Waals surface area contributed by atoms with Crippen LogP contribution < -0.4 is 0 Å². The lowest BCUT2D eigenvalue weighted by Gasteiger charge is -2.33. The number of hydrogen-bond donors (Lipinski definition) is 1. The Labute approximate surface area is 142 Å². The van der Waals surface area contributed by atoms with Crippen LogP contribution in [0.3, 0.4) is 0 Å². The van der Waals surface area contributed by atoms with Crippen molar-refractivity contribution in [2.24, 2.45) is 0 Å². The average Bonchev–Trinajstić information content (AvgIpc) is 3.16. The van der Waals surface area contributed by atoms with Gasteiger partial charge in [-0.15, -0.1) is 5.10 Å². The topological polar surface area (TPSA) is 88.4 Å². The highest BCUT2D eigenvalue weighted by molar-refractivity contribution is 5.02. The fourth-order valence-corrected chi connectivity index (χ4v) is 3.00. The van der Waals surface area contributed by atoms with Crippen molar-refractivity contribution in [1.29, 1.82) is 0 Å². The fourth-order valence-electron chi connectivity index (χ4n) is 3.00. The molecule has 0 aromatic carbocycles. The Morgan fingerprint density at radius 1 is 1.28 bits per heavy atom. The van der Waals surface area contributed by atoms with Crippen LogP contribution in [-0.4, -0.2) is 53.0 Å². The molecule has 0 spiro atoms. The minimum absolute atomic E-state index is 0.0233. The summed E-state index contributed by atoms with van der Waals surface area (Å²) in [5, 5.41) is 17.8. The molecule has 11 heteroatoms. The van der Waals surface area contributed by atoms with Crippen LogP contribution in [0.5, 0.6) is 0 Å². The van der Waals surface area contributed by atoms with E-state index < -0.39 is 12.7 Å². The maximum Gasteiger partial charge on any atom is 0.408 e. The third-order valence-corrected chi connectivity index (χ3v) is 4.25. The van der Waals surface area contributed by atoms with Gasteiger partial charge in [0.1, 0.15) is 12.4 Å². The number of hydrogen-bond acceptors (Lipinski definition) is 6. The van der Waals surface area contributed by atoms with Crippen molar-refractivity contribution in [2.75, 3.05) is 6.54 Å². The molecule has 2 aromatic heterocycles. The van der Waals surface area contributed by atoms with Gasteiger partial charge in [0.05, 0.1) is 12.6 Å². The maximum atomic E-state index is 12.6. The summed E-state index contributed by atoms with van der Waals surface area (Å²) in [6.07, 6.45) is -1.48. The fraction of sp³-hybridized carbons (Fsp3) is 0.786. The number of nitrogens with zero attached hydrogens (tertiary/aromatic N) is 7. The molecule has 2 aromatic rings. The number of aromatic amines is 1. The number of H-pyrrole nitrogens is 1. The first-order valence-electron chi connectivity index (χ1n) is 8.31. The van der Waals surface area contributed by atoms with Gasteiger partial charge in [-0.3, -0.25) is 10.00 Å². The van der Waals surface area contributed by atoms with Crippen molar-refractivity contribution in [1.82, 2.24) is 40.3 Å². The Morgan fingerprint density at radius 3 is 2.76 bits per heavy atom. The molecule has 3 rings (SSSR count). The Bertz CT molecular complexity index is 692. The summed E-state index contributed by atoms with van der Waals surface area (Å²) in [5.74, 6) is 1.90. The summed E-state index contributed by atoms with van der Waals surface area (Å²) in [6.45, 7) is 3.83. The van der Waals surface area contributed by atoms with Crippen LogP contribution in [0.15, 0.2) is 0 Å². The highest BCUT2D eigenvalue weighted by Crippen LogP contribution is 2.30. The van der Waals surface area contributed by atoms with Gasteiger partial charge in [0.25, 0.3) is 0 Å². The van der Waals surface area contributed by atoms with E-state index in [0.29, 0.717) is 0 Å². The Hall–Kier alpha value is -2.04. The monoisotopic (exact) mass is 358 g/mol. The van der Waals surface area contributed by atoms with E-state index in [1.807, 2.05) is 13.8 Å². The van der Waals surface area contributed by atoms with Gasteiger partial charge in [0.2, 0.25) is 0 Å². The zero-order valence-electron chi connectivity index (χ0n) is 14.2. The van der Waals surface area contributed by atoms with Crippen LogP contribution in [0, 0.1) is 0 Å². The van der Waals surface area contributed by atoms with Crippen LogP contribution in [0.4, 0.5) is 13.2 Å². The molecule has 1 atom stereocenters. The first-order chi connectivity index (χ1) is 11.8. The van der Waals surface area contributed by atoms with E-state index in [1.165, 1.54) is 0 Å². The van der Waals surface area contributed by atoms with Gasteiger partial charge in [-0.05, 0) is 29.8 Å². The number of rotatable bonds is 5. The lowest BCUT2D eigenvalue weighted by Crippen LogP contribution is -2.35. The van der Waals surface area contributed by atoms with Crippen molar-refractivity contribution in [2.45, 2.75) is 64.3 Å². The number of aromatic nitrogens is 7. The molecular formula is C14H21F3N8. The molecule has 1 N–H and O–H groups in total. The average molecular weight is 358 g/mol. The summed E-state index contributed by atoms with van der Waals surface area (Å²) in [4.78, 5) is 6.61. The van der Waals surface area contributed by atoms with Gasteiger partial charge in [-0.2, -0.15) is 18.3 Å². The molecule has 1 fully saturated rings. The molecule has 3 heterocycles. The third kappa shape index (κ3) is 4.33. The molecule has 0 radical (unpaired) electrons. The van der Waals surface area contributed by atoms with E-state index in [9.17, 15) is 13.2 Å². The predicted octanol–water partition coefficient (Wildman–Crippen LogP) is 2.20. The van der Waals surface area contributed by atoms with E-state index in [-0.39, 0.29) is 24.3 Å². The number of piperidine rings is 1. The second-order valence-electron chi connectivity index (χ2n) is 6.58. The van der Waals surface area contributed by atoms with Crippen molar-refractivity contribution in [3.8, 4) is 0 Å². The zero-order valence-corrected chi connectivity index (χ0v) is 14.2. The van der Waals surface area contributed by atoms with Gasteiger partial charge in [0.15, 0.2) is 11.6 Å². The molecule has 25 heavy (non-hydrogen) atoms. The molecule has 0 bridgehead atoms. The molecule has 0 saturated carbocycles. The predicted molar refractivity (Wildman–Crippen MR) is 81.3 cm³/mol. The van der Waals surface area contributed by atoms with Crippen molar-refractivity contribution >= 4 is 0 Å². The van der Waals surface area contributed by atoms with Gasteiger partial charge in [-0.25, -0.2) is 9.67 Å². The van der Waals surface area contributed by atoms with Crippen molar-refractivity contribution in [3.63, 3.8) is 0 Å². The van der Waals surface area contributed by atoms with E-state index in [0.717, 1.165) is 42.1 Å². The lowest BCUT2D eigenvalue weighted by atomic mass is 10.0. The van der Waals surface area contributed by atoms with E-state index in [2.05, 4.69) is 35.6 Å². The summed E-state index contributed by atoms with van der Waals surface area (Å²) >= 11 is 0. The van der Waals surface area contributed by atoms with Gasteiger partial charge >= 0.3 is 6.18 Å². The summed E-state index contributed by atoms with van der Waals surface area (Å²) in [6, 6.07) is -0.0233. The van der Waals surface area contributed by atoms with Crippen LogP contribution in [0.2, 0.25) is 0 Å². The Kier molecular flexibility index (Phi) is 5.02. The maximum absolute atomic E-state index is 12.6. The molecule has 1 saturated heterocycles. The van der Waals surface area contributed by atoms with E-state index >= 15 is 0 Å². The van der Waals surface area contributed by atoms with Crippen LogP contribution >= 0.6 is 0 Å². The first-order valence-corrected chi connectivity index (χ1v) is 8.31. The lowest BCUT2D eigenvalue weighted by molar-refractivity contribution is -0.143. The molecule has 1 aliphatic rings. The van der Waals surface area contributed by atoms with Crippen LogP contribution in [0.1, 0.15) is 62.5 Å². The second kappa shape index (κ2) is 7.06. The van der Waals surface area contributed by atoms with Gasteiger partial charge < -0.3 is 0 Å². The highest BCUT2D eigenvalue weighted by atomic mass is 19.4. The highest BCUT2D eigenvalue weighted by Gasteiger charge is 2.32. The standard InChI is InChI=1S/C14H21F3N8/c1-9(2)12-18-13(21-20-12)10-5-3-4-6-24(10)7-11-19-22-23-25(11)8-14(15,16)17/h9-10H,3-8H2,1-2H3,(H,18,20,21)/t10-/m1/s1. The molecule has 138 valence electrons. The minimum Gasteiger partial charge on any atom is -0.286 e. The van der Waals surface area contributed by atoms with Gasteiger partial charge in [-0.1, -0.05) is 20.3 Å². The summed E-state index contributed by atoms with van der Waals surface area (Å²) in [5.41, 5.74) is 0. The number of nitrogens with one attached hydrogen (secondary N) is 1. The second-order valence-corrected chi connectivity index (χ2v) is 6.58. The Morgan fingerprint density at radius 2 is 2.08 bits per heavy atom. The quantitative estimate of drug-likeness (QED) is 0.882. The zero-order chi connectivity index (χ0) is 18.0. The normalized spacial score (nSPS) is 19.7. The van der Waals surface area contributed by atoms with E-state index in [1.54, 1.807) is 0 Å². The molecular weight excluding hydrogens is 337 g/mol. The number of alkyl halides is 3. The molecule has 0 unspecified atom stereocenters. The number of likely N-dealkylation sites (tertiary alicyclic amines) is 1. The molecule has 0 aliphatic carbocycles.